The molecule has 0 N–H and O–H groups in total. The average Bonchev–Trinajstić information content (AvgIpc) is 2.80. The van der Waals surface area contributed by atoms with Crippen LogP contribution in [0.2, 0.25) is 0 Å². The maximum atomic E-state index is 14.3. The van der Waals surface area contributed by atoms with Crippen molar-refractivity contribution in [2.75, 3.05) is 0 Å². The first-order valence-electron chi connectivity index (χ1n) is 6.49. The number of benzene rings is 1. The Morgan fingerprint density at radius 1 is 1.30 bits per heavy atom. The summed E-state index contributed by atoms with van der Waals surface area (Å²) in [5.41, 5.74) is -0.0560. The van der Waals surface area contributed by atoms with Crippen molar-refractivity contribution < 1.29 is 18.3 Å². The minimum Gasteiger partial charge on any atom is -0.487 e. The third-order valence-electron chi connectivity index (χ3n) is 3.41. The normalized spacial score (nSPS) is 12.9. The lowest BCUT2D eigenvalue weighted by Gasteiger charge is -2.19. The van der Waals surface area contributed by atoms with Crippen LogP contribution >= 0.6 is 0 Å². The van der Waals surface area contributed by atoms with Gasteiger partial charge in [0.25, 0.3) is 0 Å². The van der Waals surface area contributed by atoms with Crippen LogP contribution in [-0.2, 0) is 0 Å². The van der Waals surface area contributed by atoms with Gasteiger partial charge in [0, 0.05) is 24.6 Å². The van der Waals surface area contributed by atoms with Crippen molar-refractivity contribution in [1.29, 1.82) is 0 Å². The topological polar surface area (TPSA) is 31.2 Å². The van der Waals surface area contributed by atoms with Crippen LogP contribution in [0.3, 0.4) is 0 Å². The number of hydrogen-bond acceptors (Lipinski definition) is 2. The van der Waals surface area contributed by atoms with Crippen LogP contribution < -0.4 is 4.74 Å². The summed E-state index contributed by atoms with van der Waals surface area (Å²) >= 11 is 0. The molecule has 0 amide bonds. The molecular weight excluding hydrogens is 264 g/mol. The first-order valence-corrected chi connectivity index (χ1v) is 6.49. The van der Waals surface area contributed by atoms with Gasteiger partial charge >= 0.3 is 0 Å². The number of ether oxygens (including phenoxy) is 1. The molecule has 0 bridgehead atoms. The SMILES string of the molecule is CC(=O)n1ccc2c(F)c(O[C@H](C)C(C)C)cc(F)c21. The Morgan fingerprint density at radius 3 is 2.50 bits per heavy atom. The first-order chi connectivity index (χ1) is 9.32. The molecule has 0 radical (unpaired) electrons. The number of carbonyl (C=O) groups excluding carboxylic acids is 1. The van der Waals surface area contributed by atoms with E-state index in [4.69, 9.17) is 4.74 Å². The minimum absolute atomic E-state index is 0.0474. The Hall–Kier alpha value is -1.91. The summed E-state index contributed by atoms with van der Waals surface area (Å²) in [6, 6.07) is 2.37. The van der Waals surface area contributed by atoms with Crippen LogP contribution in [0.1, 0.15) is 32.5 Å². The summed E-state index contributed by atoms with van der Waals surface area (Å²) in [7, 11) is 0. The molecule has 2 aromatic rings. The van der Waals surface area contributed by atoms with Crippen molar-refractivity contribution in [3.05, 3.63) is 30.0 Å². The van der Waals surface area contributed by atoms with Crippen LogP contribution in [0.4, 0.5) is 8.78 Å². The first kappa shape index (κ1) is 14.5. The fourth-order valence-electron chi connectivity index (χ4n) is 1.92. The van der Waals surface area contributed by atoms with E-state index in [2.05, 4.69) is 0 Å². The molecule has 108 valence electrons. The van der Waals surface area contributed by atoms with Crippen LogP contribution in [0, 0.1) is 17.6 Å². The Bertz CT molecular complexity index is 661. The van der Waals surface area contributed by atoms with Crippen molar-refractivity contribution >= 4 is 16.8 Å². The lowest BCUT2D eigenvalue weighted by Crippen LogP contribution is -2.19. The predicted molar refractivity (Wildman–Crippen MR) is 73.1 cm³/mol. The van der Waals surface area contributed by atoms with Crippen LogP contribution in [0.5, 0.6) is 5.75 Å². The van der Waals surface area contributed by atoms with Gasteiger partial charge in [-0.1, -0.05) is 13.8 Å². The summed E-state index contributed by atoms with van der Waals surface area (Å²) in [4.78, 5) is 11.4. The summed E-state index contributed by atoms with van der Waals surface area (Å²) in [6.45, 7) is 6.96. The summed E-state index contributed by atoms with van der Waals surface area (Å²) < 4.78 is 35.0. The molecule has 0 aliphatic rings. The zero-order valence-electron chi connectivity index (χ0n) is 11.9. The number of halogens is 2. The number of rotatable bonds is 3. The highest BCUT2D eigenvalue weighted by Gasteiger charge is 2.20. The van der Waals surface area contributed by atoms with Gasteiger partial charge in [-0.3, -0.25) is 9.36 Å². The predicted octanol–water partition coefficient (Wildman–Crippen LogP) is 4.00. The van der Waals surface area contributed by atoms with Crippen molar-refractivity contribution in [3.8, 4) is 5.75 Å². The Kier molecular flexibility index (Phi) is 3.79. The molecule has 0 saturated heterocycles. The molecule has 20 heavy (non-hydrogen) atoms. The molecule has 0 aliphatic heterocycles. The number of carbonyl (C=O) groups is 1. The lowest BCUT2D eigenvalue weighted by atomic mass is 10.1. The molecule has 1 aromatic heterocycles. The number of hydrogen-bond donors (Lipinski definition) is 0. The Balaban J connectivity index is 2.56. The highest BCUT2D eigenvalue weighted by molar-refractivity contribution is 5.92. The summed E-state index contributed by atoms with van der Waals surface area (Å²) in [5, 5.41) is 0.0474. The van der Waals surface area contributed by atoms with E-state index in [0.717, 1.165) is 10.6 Å². The van der Waals surface area contributed by atoms with E-state index in [9.17, 15) is 13.6 Å². The lowest BCUT2D eigenvalue weighted by molar-refractivity contribution is 0.0941. The van der Waals surface area contributed by atoms with Gasteiger partial charge in [0.2, 0.25) is 5.91 Å². The van der Waals surface area contributed by atoms with Gasteiger partial charge in [0.1, 0.15) is 0 Å². The van der Waals surface area contributed by atoms with Gasteiger partial charge in [-0.15, -0.1) is 0 Å². The molecule has 1 atom stereocenters. The highest BCUT2D eigenvalue weighted by atomic mass is 19.1. The van der Waals surface area contributed by atoms with Gasteiger partial charge in [0.15, 0.2) is 17.4 Å². The third-order valence-corrected chi connectivity index (χ3v) is 3.41. The largest absolute Gasteiger partial charge is 0.487 e. The van der Waals surface area contributed by atoms with Crippen LogP contribution in [0.15, 0.2) is 18.3 Å². The molecule has 0 saturated carbocycles. The fraction of sp³-hybridized carbons (Fsp3) is 0.400. The summed E-state index contributed by atoms with van der Waals surface area (Å²) in [5.74, 6) is -1.64. The van der Waals surface area contributed by atoms with E-state index in [0.29, 0.717) is 0 Å². The van der Waals surface area contributed by atoms with E-state index < -0.39 is 11.6 Å². The molecule has 1 aromatic carbocycles. The molecular formula is C15H17F2NO2. The molecule has 3 nitrogen and oxygen atoms in total. The van der Waals surface area contributed by atoms with Crippen molar-refractivity contribution in [2.24, 2.45) is 5.92 Å². The second kappa shape index (κ2) is 5.23. The van der Waals surface area contributed by atoms with Gasteiger partial charge in [-0.05, 0) is 18.9 Å². The van der Waals surface area contributed by atoms with Crippen molar-refractivity contribution in [3.63, 3.8) is 0 Å². The second-order valence-corrected chi connectivity index (χ2v) is 5.20. The smallest absolute Gasteiger partial charge is 0.228 e. The number of aromatic nitrogens is 1. The molecule has 0 unspecified atom stereocenters. The van der Waals surface area contributed by atoms with Crippen LogP contribution in [-0.4, -0.2) is 16.6 Å². The molecule has 2 rings (SSSR count). The van der Waals surface area contributed by atoms with Crippen molar-refractivity contribution in [2.45, 2.75) is 33.8 Å². The molecule has 0 spiro atoms. The van der Waals surface area contributed by atoms with Gasteiger partial charge in [0.05, 0.1) is 11.6 Å². The van der Waals surface area contributed by atoms with Crippen LogP contribution in [0.25, 0.3) is 10.9 Å². The monoisotopic (exact) mass is 281 g/mol. The Labute approximate surface area is 116 Å². The zero-order chi connectivity index (χ0) is 15.0. The average molecular weight is 281 g/mol. The fourth-order valence-corrected chi connectivity index (χ4v) is 1.92. The molecule has 1 heterocycles. The number of nitrogens with zero attached hydrogens (tertiary/aromatic N) is 1. The second-order valence-electron chi connectivity index (χ2n) is 5.20. The van der Waals surface area contributed by atoms with Gasteiger partial charge < -0.3 is 4.74 Å². The van der Waals surface area contributed by atoms with E-state index in [1.165, 1.54) is 19.2 Å². The summed E-state index contributed by atoms with van der Waals surface area (Å²) in [6.07, 6.45) is 1.12. The number of fused-ring (bicyclic) bond motifs is 1. The van der Waals surface area contributed by atoms with Gasteiger partial charge in [-0.25, -0.2) is 8.78 Å². The molecule has 0 aliphatic carbocycles. The van der Waals surface area contributed by atoms with E-state index in [-0.39, 0.29) is 34.6 Å². The molecule has 0 fully saturated rings. The van der Waals surface area contributed by atoms with E-state index in [1.807, 2.05) is 13.8 Å². The van der Waals surface area contributed by atoms with Gasteiger partial charge in [-0.2, -0.15) is 0 Å². The van der Waals surface area contributed by atoms with Crippen molar-refractivity contribution in [1.82, 2.24) is 4.57 Å². The molecule has 5 heteroatoms. The third kappa shape index (κ3) is 2.40. The quantitative estimate of drug-likeness (QED) is 0.851. The maximum absolute atomic E-state index is 14.3. The zero-order valence-corrected chi connectivity index (χ0v) is 11.9. The standard InChI is InChI=1S/C15H17F2NO2/c1-8(2)9(3)20-13-7-12(16)15-11(14(13)17)5-6-18(15)10(4)19/h5-9H,1-4H3/t9-/m1/s1. The Morgan fingerprint density at radius 2 is 1.95 bits per heavy atom. The minimum atomic E-state index is -0.674. The van der Waals surface area contributed by atoms with E-state index >= 15 is 0 Å². The highest BCUT2D eigenvalue weighted by Crippen LogP contribution is 2.31. The maximum Gasteiger partial charge on any atom is 0.228 e. The van der Waals surface area contributed by atoms with E-state index in [1.54, 1.807) is 6.92 Å².